The minimum atomic E-state index is 0.176. The fraction of sp³-hybridized carbons (Fsp3) is 0.692. The highest BCUT2D eigenvalue weighted by molar-refractivity contribution is 7.12. The van der Waals surface area contributed by atoms with E-state index < -0.39 is 0 Å². The van der Waals surface area contributed by atoms with Gasteiger partial charge < -0.3 is 10.5 Å². The largest absolute Gasteiger partial charge is 0.383 e. The predicted molar refractivity (Wildman–Crippen MR) is 74.6 cm³/mol. The van der Waals surface area contributed by atoms with Gasteiger partial charge >= 0.3 is 0 Å². The lowest BCUT2D eigenvalue weighted by Gasteiger charge is -2.31. The molecule has 0 bridgehead atoms. The van der Waals surface area contributed by atoms with Crippen LogP contribution in [0.4, 0.5) is 0 Å². The summed E-state index contributed by atoms with van der Waals surface area (Å²) >= 11 is 1.84. The summed E-state index contributed by atoms with van der Waals surface area (Å²) in [5, 5.41) is 0. The van der Waals surface area contributed by atoms with Crippen molar-refractivity contribution in [2.24, 2.45) is 5.73 Å². The van der Waals surface area contributed by atoms with E-state index in [1.54, 1.807) is 7.11 Å². The molecule has 0 aliphatic rings. The minimum absolute atomic E-state index is 0.176. The number of ether oxygens (including phenoxy) is 1. The standard InChI is InChI=1S/C13H24N2OS/c1-5-11(14)13(15(3)8-9-16-4)12-7-6-10(2)17-12/h6-7,11,13H,5,8-9,14H2,1-4H3. The first-order valence-electron chi connectivity index (χ1n) is 6.11. The van der Waals surface area contributed by atoms with Gasteiger partial charge in [-0.15, -0.1) is 11.3 Å². The summed E-state index contributed by atoms with van der Waals surface area (Å²) in [4.78, 5) is 4.99. The van der Waals surface area contributed by atoms with Crippen molar-refractivity contribution in [1.29, 1.82) is 0 Å². The zero-order valence-electron chi connectivity index (χ0n) is 11.3. The van der Waals surface area contributed by atoms with E-state index in [2.05, 4.69) is 37.9 Å². The highest BCUT2D eigenvalue weighted by Gasteiger charge is 2.24. The Labute approximate surface area is 109 Å². The average Bonchev–Trinajstić information content (AvgIpc) is 2.73. The fourth-order valence-electron chi connectivity index (χ4n) is 1.97. The summed E-state index contributed by atoms with van der Waals surface area (Å²) in [6, 6.07) is 4.84. The van der Waals surface area contributed by atoms with Crippen LogP contribution in [0.1, 0.15) is 29.1 Å². The Balaban J connectivity index is 2.80. The highest BCUT2D eigenvalue weighted by Crippen LogP contribution is 2.29. The zero-order chi connectivity index (χ0) is 12.8. The van der Waals surface area contributed by atoms with Crippen molar-refractivity contribution in [2.45, 2.75) is 32.4 Å². The van der Waals surface area contributed by atoms with E-state index in [4.69, 9.17) is 10.5 Å². The third kappa shape index (κ3) is 4.07. The van der Waals surface area contributed by atoms with E-state index in [1.807, 2.05) is 11.3 Å². The predicted octanol–water partition coefficient (Wildman–Crippen LogP) is 2.41. The second-order valence-corrected chi connectivity index (χ2v) is 5.76. The number of methoxy groups -OCH3 is 1. The molecule has 0 saturated carbocycles. The lowest BCUT2D eigenvalue weighted by Crippen LogP contribution is -2.39. The third-order valence-electron chi connectivity index (χ3n) is 3.05. The van der Waals surface area contributed by atoms with Crippen molar-refractivity contribution in [3.8, 4) is 0 Å². The summed E-state index contributed by atoms with van der Waals surface area (Å²) in [5.41, 5.74) is 6.26. The number of thiophene rings is 1. The van der Waals surface area contributed by atoms with Crippen molar-refractivity contribution >= 4 is 11.3 Å². The van der Waals surface area contributed by atoms with Crippen LogP contribution in [0.2, 0.25) is 0 Å². The van der Waals surface area contributed by atoms with E-state index in [9.17, 15) is 0 Å². The van der Waals surface area contributed by atoms with Crippen LogP contribution >= 0.6 is 11.3 Å². The van der Waals surface area contributed by atoms with Gasteiger partial charge in [0.05, 0.1) is 12.6 Å². The Hall–Kier alpha value is -0.420. The minimum Gasteiger partial charge on any atom is -0.383 e. The molecule has 3 nitrogen and oxygen atoms in total. The van der Waals surface area contributed by atoms with Crippen molar-refractivity contribution < 1.29 is 4.74 Å². The van der Waals surface area contributed by atoms with Gasteiger partial charge in [-0.1, -0.05) is 6.92 Å². The summed E-state index contributed by atoms with van der Waals surface area (Å²) in [5.74, 6) is 0. The molecule has 0 aliphatic heterocycles. The molecule has 1 rings (SSSR count). The first kappa shape index (κ1) is 14.6. The molecule has 1 aromatic heterocycles. The second-order valence-electron chi connectivity index (χ2n) is 4.44. The fourth-order valence-corrected chi connectivity index (χ4v) is 3.08. The van der Waals surface area contributed by atoms with E-state index in [1.165, 1.54) is 9.75 Å². The van der Waals surface area contributed by atoms with Gasteiger partial charge in [0.2, 0.25) is 0 Å². The Bertz CT molecular complexity index is 327. The smallest absolute Gasteiger partial charge is 0.0591 e. The Morgan fingerprint density at radius 1 is 1.47 bits per heavy atom. The molecule has 1 heterocycles. The number of nitrogens with two attached hydrogens (primary N) is 1. The molecule has 2 N–H and O–H groups in total. The lowest BCUT2D eigenvalue weighted by atomic mass is 10.0. The average molecular weight is 256 g/mol. The van der Waals surface area contributed by atoms with E-state index in [-0.39, 0.29) is 6.04 Å². The van der Waals surface area contributed by atoms with Crippen LogP contribution in [0.3, 0.4) is 0 Å². The monoisotopic (exact) mass is 256 g/mol. The molecule has 4 heteroatoms. The molecular weight excluding hydrogens is 232 g/mol. The van der Waals surface area contributed by atoms with E-state index in [0.29, 0.717) is 6.04 Å². The number of likely N-dealkylation sites (N-methyl/N-ethyl adjacent to an activating group) is 1. The molecule has 0 aromatic carbocycles. The Kier molecular flexibility index (Phi) is 6.12. The highest BCUT2D eigenvalue weighted by atomic mass is 32.1. The van der Waals surface area contributed by atoms with E-state index >= 15 is 0 Å². The second kappa shape index (κ2) is 7.11. The normalized spacial score (nSPS) is 15.2. The molecule has 0 amide bonds. The quantitative estimate of drug-likeness (QED) is 0.814. The number of nitrogens with zero attached hydrogens (tertiary/aromatic N) is 1. The van der Waals surface area contributed by atoms with Crippen molar-refractivity contribution in [2.75, 3.05) is 27.3 Å². The summed E-state index contributed by atoms with van der Waals surface area (Å²) in [6.07, 6.45) is 0.985. The maximum atomic E-state index is 6.26. The number of aryl methyl sites for hydroxylation is 1. The van der Waals surface area contributed by atoms with Gasteiger partial charge in [-0.2, -0.15) is 0 Å². The van der Waals surface area contributed by atoms with Gasteiger partial charge in [-0.05, 0) is 32.5 Å². The maximum Gasteiger partial charge on any atom is 0.0591 e. The summed E-state index contributed by atoms with van der Waals surface area (Å²) < 4.78 is 5.14. The van der Waals surface area contributed by atoms with Crippen LogP contribution in [0.5, 0.6) is 0 Å². The van der Waals surface area contributed by atoms with Crippen LogP contribution in [0.25, 0.3) is 0 Å². The molecule has 0 aliphatic carbocycles. The molecule has 2 atom stereocenters. The molecule has 98 valence electrons. The van der Waals surface area contributed by atoms with Crippen LogP contribution < -0.4 is 5.73 Å². The molecule has 0 spiro atoms. The molecule has 17 heavy (non-hydrogen) atoms. The number of rotatable bonds is 7. The molecule has 0 saturated heterocycles. The van der Waals surface area contributed by atoms with Crippen LogP contribution in [0, 0.1) is 6.92 Å². The van der Waals surface area contributed by atoms with Crippen molar-refractivity contribution in [3.63, 3.8) is 0 Å². The van der Waals surface area contributed by atoms with Gasteiger partial charge in [-0.3, -0.25) is 4.90 Å². The molecule has 1 aromatic rings. The lowest BCUT2D eigenvalue weighted by molar-refractivity contribution is 0.129. The van der Waals surface area contributed by atoms with Gasteiger partial charge in [0, 0.05) is 29.5 Å². The topological polar surface area (TPSA) is 38.5 Å². The van der Waals surface area contributed by atoms with Crippen LogP contribution in [0.15, 0.2) is 12.1 Å². The molecular formula is C13H24N2OS. The number of hydrogen-bond donors (Lipinski definition) is 1. The van der Waals surface area contributed by atoms with Crippen molar-refractivity contribution in [1.82, 2.24) is 4.90 Å². The summed E-state index contributed by atoms with van der Waals surface area (Å²) in [7, 11) is 3.85. The van der Waals surface area contributed by atoms with Gasteiger partial charge in [0.15, 0.2) is 0 Å². The maximum absolute atomic E-state index is 6.26. The van der Waals surface area contributed by atoms with Crippen LogP contribution in [-0.4, -0.2) is 38.3 Å². The SMILES string of the molecule is CCC(N)C(c1ccc(C)s1)N(C)CCOC. The van der Waals surface area contributed by atoms with Crippen molar-refractivity contribution in [3.05, 3.63) is 21.9 Å². The van der Waals surface area contributed by atoms with Gasteiger partial charge in [0.25, 0.3) is 0 Å². The first-order valence-corrected chi connectivity index (χ1v) is 6.92. The summed E-state index contributed by atoms with van der Waals surface area (Å²) in [6.45, 7) is 5.93. The van der Waals surface area contributed by atoms with E-state index in [0.717, 1.165) is 19.6 Å². The van der Waals surface area contributed by atoms with Crippen LogP contribution in [-0.2, 0) is 4.74 Å². The molecule has 0 fully saturated rings. The molecule has 2 unspecified atom stereocenters. The zero-order valence-corrected chi connectivity index (χ0v) is 12.1. The third-order valence-corrected chi connectivity index (χ3v) is 4.12. The Morgan fingerprint density at radius 3 is 2.65 bits per heavy atom. The number of hydrogen-bond acceptors (Lipinski definition) is 4. The van der Waals surface area contributed by atoms with Gasteiger partial charge in [-0.25, -0.2) is 0 Å². The first-order chi connectivity index (χ1) is 8.10. The molecule has 0 radical (unpaired) electrons. The Morgan fingerprint density at radius 2 is 2.18 bits per heavy atom. The van der Waals surface area contributed by atoms with Gasteiger partial charge in [0.1, 0.15) is 0 Å².